The second-order valence-electron chi connectivity index (χ2n) is 5.14. The minimum absolute atomic E-state index is 0.296. The zero-order valence-corrected chi connectivity index (χ0v) is 13.1. The monoisotopic (exact) mass is 325 g/mol. The Balaban J connectivity index is 2.40. The van der Waals surface area contributed by atoms with E-state index in [1.165, 1.54) is 20.4 Å². The maximum atomic E-state index is 12.4. The zero-order chi connectivity index (χ0) is 17.3. The van der Waals surface area contributed by atoms with Crippen molar-refractivity contribution >= 4 is 16.9 Å². The summed E-state index contributed by atoms with van der Waals surface area (Å²) in [7, 11) is 3.06. The minimum atomic E-state index is -1.27. The van der Waals surface area contributed by atoms with Gasteiger partial charge < -0.3 is 19.1 Å². The molecule has 1 N–H and O–H groups in total. The van der Waals surface area contributed by atoms with E-state index in [0.717, 1.165) is 0 Å². The van der Waals surface area contributed by atoms with Crippen molar-refractivity contribution in [3.8, 4) is 17.2 Å². The van der Waals surface area contributed by atoms with Crippen molar-refractivity contribution in [3.63, 3.8) is 0 Å². The Morgan fingerprint density at radius 3 is 2.25 bits per heavy atom. The summed E-state index contributed by atoms with van der Waals surface area (Å²) in [5.41, 5.74) is 0.424. The van der Waals surface area contributed by atoms with Crippen LogP contribution in [0.4, 0.5) is 0 Å². The third-order valence-corrected chi connectivity index (χ3v) is 3.76. The van der Waals surface area contributed by atoms with E-state index in [1.54, 1.807) is 47.0 Å². The molecule has 6 nitrogen and oxygen atoms in total. The number of fused-ring (bicyclic) bond motifs is 1. The SMILES string of the molecule is COc1cc(OC)cc(-n2cc(C(=O)O)c(=O)c3ccccc32)c1. The number of hydrogen-bond donors (Lipinski definition) is 1. The molecule has 0 aliphatic rings. The first-order chi connectivity index (χ1) is 11.5. The lowest BCUT2D eigenvalue weighted by Gasteiger charge is -2.14. The standard InChI is InChI=1S/C18H15NO5/c1-23-12-7-11(8-13(9-12)24-2)19-10-15(18(21)22)17(20)14-5-3-4-6-16(14)19/h3-10H,1-2H3,(H,21,22). The Kier molecular flexibility index (Phi) is 3.95. The number of nitrogens with zero attached hydrogens (tertiary/aromatic N) is 1. The molecule has 0 aliphatic heterocycles. The van der Waals surface area contributed by atoms with Crippen molar-refractivity contribution in [1.82, 2.24) is 4.57 Å². The molecule has 0 bridgehead atoms. The Morgan fingerprint density at radius 2 is 1.67 bits per heavy atom. The molecule has 122 valence electrons. The zero-order valence-electron chi connectivity index (χ0n) is 13.1. The number of hydrogen-bond acceptors (Lipinski definition) is 4. The summed E-state index contributed by atoms with van der Waals surface area (Å²) >= 11 is 0. The first-order valence-corrected chi connectivity index (χ1v) is 7.16. The molecule has 24 heavy (non-hydrogen) atoms. The van der Waals surface area contributed by atoms with Gasteiger partial charge in [-0.3, -0.25) is 4.79 Å². The molecule has 0 fully saturated rings. The fourth-order valence-corrected chi connectivity index (χ4v) is 2.58. The number of methoxy groups -OCH3 is 2. The molecule has 2 aromatic carbocycles. The fraction of sp³-hybridized carbons (Fsp3) is 0.111. The third-order valence-electron chi connectivity index (χ3n) is 3.76. The van der Waals surface area contributed by atoms with Crippen LogP contribution < -0.4 is 14.9 Å². The summed E-state index contributed by atoms with van der Waals surface area (Å²) in [6, 6.07) is 12.1. The van der Waals surface area contributed by atoms with Crippen LogP contribution in [0.2, 0.25) is 0 Å². The van der Waals surface area contributed by atoms with Gasteiger partial charge in [-0.2, -0.15) is 0 Å². The van der Waals surface area contributed by atoms with E-state index in [2.05, 4.69) is 0 Å². The van der Waals surface area contributed by atoms with Crippen LogP contribution >= 0.6 is 0 Å². The maximum Gasteiger partial charge on any atom is 0.341 e. The van der Waals surface area contributed by atoms with E-state index in [0.29, 0.717) is 28.1 Å². The molecule has 0 spiro atoms. The molecular formula is C18H15NO5. The lowest BCUT2D eigenvalue weighted by atomic mass is 10.1. The Morgan fingerprint density at radius 1 is 1.04 bits per heavy atom. The molecular weight excluding hydrogens is 310 g/mol. The van der Waals surface area contributed by atoms with E-state index in [4.69, 9.17) is 9.47 Å². The molecule has 0 aliphatic carbocycles. The number of aromatic nitrogens is 1. The van der Waals surface area contributed by atoms with Gasteiger partial charge in [0, 0.05) is 29.8 Å². The topological polar surface area (TPSA) is 77.8 Å². The van der Waals surface area contributed by atoms with E-state index >= 15 is 0 Å². The van der Waals surface area contributed by atoms with Crippen molar-refractivity contribution in [2.75, 3.05) is 14.2 Å². The van der Waals surface area contributed by atoms with Gasteiger partial charge in [0.25, 0.3) is 0 Å². The number of rotatable bonds is 4. The third kappa shape index (κ3) is 2.58. The van der Waals surface area contributed by atoms with Gasteiger partial charge in [0.1, 0.15) is 17.1 Å². The van der Waals surface area contributed by atoms with Crippen LogP contribution in [0.15, 0.2) is 53.5 Å². The number of benzene rings is 2. The molecule has 0 saturated heterocycles. The molecule has 6 heteroatoms. The van der Waals surface area contributed by atoms with Crippen LogP contribution in [-0.2, 0) is 0 Å². The van der Waals surface area contributed by atoms with E-state index < -0.39 is 11.4 Å². The maximum absolute atomic E-state index is 12.4. The van der Waals surface area contributed by atoms with Gasteiger partial charge in [-0.05, 0) is 12.1 Å². The summed E-state index contributed by atoms with van der Waals surface area (Å²) in [6.07, 6.45) is 1.32. The normalized spacial score (nSPS) is 10.6. The summed E-state index contributed by atoms with van der Waals surface area (Å²) in [5, 5.41) is 9.67. The molecule has 0 unspecified atom stereocenters. The number of ether oxygens (including phenoxy) is 2. The van der Waals surface area contributed by atoms with Crippen LogP contribution in [0.3, 0.4) is 0 Å². The van der Waals surface area contributed by atoms with E-state index in [9.17, 15) is 14.7 Å². The van der Waals surface area contributed by atoms with Gasteiger partial charge in [0.15, 0.2) is 0 Å². The number of carboxylic acids is 1. The molecule has 0 radical (unpaired) electrons. The van der Waals surface area contributed by atoms with Crippen molar-refractivity contribution in [3.05, 3.63) is 64.4 Å². The lowest BCUT2D eigenvalue weighted by Crippen LogP contribution is -2.18. The van der Waals surface area contributed by atoms with Crippen LogP contribution in [0.1, 0.15) is 10.4 Å². The first-order valence-electron chi connectivity index (χ1n) is 7.16. The highest BCUT2D eigenvalue weighted by Crippen LogP contribution is 2.27. The van der Waals surface area contributed by atoms with Crippen molar-refractivity contribution in [2.24, 2.45) is 0 Å². The molecule has 0 amide bonds. The predicted octanol–water partition coefficient (Wildman–Crippen LogP) is 2.71. The van der Waals surface area contributed by atoms with Crippen LogP contribution in [-0.4, -0.2) is 29.9 Å². The minimum Gasteiger partial charge on any atom is -0.497 e. The second kappa shape index (κ2) is 6.08. The van der Waals surface area contributed by atoms with Gasteiger partial charge in [-0.1, -0.05) is 12.1 Å². The molecule has 3 rings (SSSR count). The lowest BCUT2D eigenvalue weighted by molar-refractivity contribution is 0.0695. The van der Waals surface area contributed by atoms with Crippen molar-refractivity contribution < 1.29 is 19.4 Å². The number of aromatic carboxylic acids is 1. The molecule has 0 atom stereocenters. The van der Waals surface area contributed by atoms with Crippen LogP contribution in [0, 0.1) is 0 Å². The van der Waals surface area contributed by atoms with Crippen LogP contribution in [0.5, 0.6) is 11.5 Å². The first kappa shape index (κ1) is 15.6. The van der Waals surface area contributed by atoms with Crippen LogP contribution in [0.25, 0.3) is 16.6 Å². The molecule has 3 aromatic rings. The van der Waals surface area contributed by atoms with Gasteiger partial charge in [-0.15, -0.1) is 0 Å². The number of para-hydroxylation sites is 1. The van der Waals surface area contributed by atoms with Gasteiger partial charge in [-0.25, -0.2) is 4.79 Å². The second-order valence-corrected chi connectivity index (χ2v) is 5.14. The van der Waals surface area contributed by atoms with E-state index in [1.807, 2.05) is 0 Å². The summed E-state index contributed by atoms with van der Waals surface area (Å²) < 4.78 is 12.2. The fourth-order valence-electron chi connectivity index (χ4n) is 2.58. The highest BCUT2D eigenvalue weighted by atomic mass is 16.5. The summed E-state index contributed by atoms with van der Waals surface area (Å²) in [4.78, 5) is 23.8. The highest BCUT2D eigenvalue weighted by Gasteiger charge is 2.15. The Hall–Kier alpha value is -3.28. The Bertz CT molecular complexity index is 968. The highest BCUT2D eigenvalue weighted by molar-refractivity contribution is 5.93. The molecule has 0 saturated carbocycles. The molecule has 1 heterocycles. The predicted molar refractivity (Wildman–Crippen MR) is 89.6 cm³/mol. The van der Waals surface area contributed by atoms with Gasteiger partial charge >= 0.3 is 5.97 Å². The van der Waals surface area contributed by atoms with Gasteiger partial charge in [0.2, 0.25) is 5.43 Å². The average Bonchev–Trinajstić information content (AvgIpc) is 2.61. The average molecular weight is 325 g/mol. The quantitative estimate of drug-likeness (QED) is 0.798. The van der Waals surface area contributed by atoms with Crippen molar-refractivity contribution in [1.29, 1.82) is 0 Å². The largest absolute Gasteiger partial charge is 0.497 e. The number of pyridine rings is 1. The van der Waals surface area contributed by atoms with Crippen molar-refractivity contribution in [2.45, 2.75) is 0 Å². The number of carboxylic acid groups (broad SMARTS) is 1. The van der Waals surface area contributed by atoms with E-state index in [-0.39, 0.29) is 5.56 Å². The summed E-state index contributed by atoms with van der Waals surface area (Å²) in [6.45, 7) is 0. The summed E-state index contributed by atoms with van der Waals surface area (Å²) in [5.74, 6) is -0.151. The smallest absolute Gasteiger partial charge is 0.341 e. The number of carbonyl (C=O) groups is 1. The molecule has 1 aromatic heterocycles. The van der Waals surface area contributed by atoms with Gasteiger partial charge in [0.05, 0.1) is 25.4 Å². The Labute approximate surface area is 137 Å².